The molecule has 2 aromatic carbocycles. The van der Waals surface area contributed by atoms with Gasteiger partial charge in [0.2, 0.25) is 5.91 Å². The van der Waals surface area contributed by atoms with Gasteiger partial charge in [0.25, 0.3) is 5.91 Å². The summed E-state index contributed by atoms with van der Waals surface area (Å²) in [5.41, 5.74) is 3.37. The van der Waals surface area contributed by atoms with Gasteiger partial charge in [0.15, 0.2) is 5.75 Å². The molecule has 35 heavy (non-hydrogen) atoms. The molecule has 2 aliphatic heterocycles. The van der Waals surface area contributed by atoms with E-state index < -0.39 is 10.8 Å². The molecule has 2 fully saturated rings. The number of rotatable bonds is 5. The van der Waals surface area contributed by atoms with E-state index in [2.05, 4.69) is 36.9 Å². The first-order chi connectivity index (χ1) is 16.8. The van der Waals surface area contributed by atoms with Crippen LogP contribution in [0.25, 0.3) is 0 Å². The van der Waals surface area contributed by atoms with Crippen LogP contribution in [0.2, 0.25) is 0 Å². The van der Waals surface area contributed by atoms with Crippen molar-refractivity contribution in [1.29, 1.82) is 0 Å². The Hall–Kier alpha value is -3.62. The normalized spacial score (nSPS) is 18.4. The Morgan fingerprint density at radius 3 is 2.26 bits per heavy atom. The van der Waals surface area contributed by atoms with Crippen molar-refractivity contribution in [2.45, 2.75) is 26.7 Å². The fourth-order valence-corrected chi connectivity index (χ4v) is 5.29. The van der Waals surface area contributed by atoms with Crippen molar-refractivity contribution in [2.24, 2.45) is 5.92 Å². The van der Waals surface area contributed by atoms with Crippen LogP contribution in [0.15, 0.2) is 36.4 Å². The Balaban J connectivity index is 1.42. The number of methoxy groups -OCH3 is 1. The van der Waals surface area contributed by atoms with E-state index in [0.717, 1.165) is 13.1 Å². The number of benzene rings is 2. The van der Waals surface area contributed by atoms with Gasteiger partial charge in [0.05, 0.1) is 18.0 Å². The van der Waals surface area contributed by atoms with Crippen molar-refractivity contribution < 1.29 is 19.2 Å². The Kier molecular flexibility index (Phi) is 7.23. The van der Waals surface area contributed by atoms with Crippen molar-refractivity contribution >= 4 is 23.2 Å². The lowest BCUT2D eigenvalue weighted by Gasteiger charge is -2.40. The average molecular weight is 481 g/mol. The molecule has 2 amide bonds. The van der Waals surface area contributed by atoms with Gasteiger partial charge in [0, 0.05) is 45.0 Å². The number of nitro groups is 1. The first kappa shape index (κ1) is 24.5. The summed E-state index contributed by atoms with van der Waals surface area (Å²) in [7, 11) is 1.34. The zero-order valence-electron chi connectivity index (χ0n) is 20.5. The molecule has 9 heteroatoms. The van der Waals surface area contributed by atoms with Crippen LogP contribution >= 0.6 is 0 Å². The second kappa shape index (κ2) is 10.3. The Morgan fingerprint density at radius 1 is 0.971 bits per heavy atom. The zero-order chi connectivity index (χ0) is 25.1. The second-order valence-electron chi connectivity index (χ2n) is 9.26. The molecule has 186 valence electrons. The van der Waals surface area contributed by atoms with Gasteiger partial charge in [-0.05, 0) is 49.9 Å². The minimum Gasteiger partial charge on any atom is -0.490 e. The van der Waals surface area contributed by atoms with E-state index in [1.54, 1.807) is 11.0 Å². The third-order valence-electron chi connectivity index (χ3n) is 7.04. The maximum atomic E-state index is 13.4. The number of amides is 2. The van der Waals surface area contributed by atoms with Gasteiger partial charge in [-0.1, -0.05) is 24.3 Å². The van der Waals surface area contributed by atoms with Crippen LogP contribution < -0.4 is 9.64 Å². The largest absolute Gasteiger partial charge is 0.490 e. The van der Waals surface area contributed by atoms with E-state index in [1.807, 2.05) is 4.90 Å². The van der Waals surface area contributed by atoms with E-state index in [-0.39, 0.29) is 35.4 Å². The lowest BCUT2D eigenvalue weighted by molar-refractivity contribution is -0.386. The summed E-state index contributed by atoms with van der Waals surface area (Å²) in [6.07, 6.45) is 1.39. The lowest BCUT2D eigenvalue weighted by Crippen LogP contribution is -2.53. The zero-order valence-corrected chi connectivity index (χ0v) is 20.5. The summed E-state index contributed by atoms with van der Waals surface area (Å²) >= 11 is 0. The number of nitrogens with zero attached hydrogens (tertiary/aromatic N) is 4. The molecule has 0 bridgehead atoms. The molecule has 4 rings (SSSR count). The number of carbonyl (C=O) groups is 2. The second-order valence-corrected chi connectivity index (χ2v) is 9.26. The highest BCUT2D eigenvalue weighted by Crippen LogP contribution is 2.33. The minimum atomic E-state index is -0.589. The fraction of sp³-hybridized carbons (Fsp3) is 0.462. The number of aryl methyl sites for hydroxylation is 2. The molecular weight excluding hydrogens is 448 g/mol. The molecule has 0 spiro atoms. The summed E-state index contributed by atoms with van der Waals surface area (Å²) in [5.74, 6) is -0.631. The Morgan fingerprint density at radius 2 is 1.63 bits per heavy atom. The predicted molar refractivity (Wildman–Crippen MR) is 133 cm³/mol. The number of ether oxygens (including phenoxy) is 1. The first-order valence-electron chi connectivity index (χ1n) is 12.0. The minimum absolute atomic E-state index is 0.00957. The molecule has 1 atom stereocenters. The van der Waals surface area contributed by atoms with Crippen molar-refractivity contribution in [3.63, 3.8) is 0 Å². The maximum absolute atomic E-state index is 13.4. The van der Waals surface area contributed by atoms with Crippen molar-refractivity contribution in [3.8, 4) is 5.75 Å². The van der Waals surface area contributed by atoms with Crippen molar-refractivity contribution in [3.05, 3.63) is 63.2 Å². The van der Waals surface area contributed by atoms with E-state index >= 15 is 0 Å². The van der Waals surface area contributed by atoms with E-state index in [4.69, 9.17) is 4.74 Å². The highest BCUT2D eigenvalue weighted by Gasteiger charge is 2.35. The van der Waals surface area contributed by atoms with Crippen LogP contribution in [-0.4, -0.2) is 72.9 Å². The lowest BCUT2D eigenvalue weighted by atomic mass is 9.95. The van der Waals surface area contributed by atoms with Crippen molar-refractivity contribution in [2.75, 3.05) is 51.3 Å². The molecule has 1 unspecified atom stereocenters. The van der Waals surface area contributed by atoms with Crippen LogP contribution in [0.4, 0.5) is 11.4 Å². The summed E-state index contributed by atoms with van der Waals surface area (Å²) in [6.45, 7) is 7.77. The van der Waals surface area contributed by atoms with Crippen LogP contribution in [0.3, 0.4) is 0 Å². The third-order valence-corrected chi connectivity index (χ3v) is 7.04. The summed E-state index contributed by atoms with van der Waals surface area (Å²) in [6, 6.07) is 10.8. The van der Waals surface area contributed by atoms with Gasteiger partial charge in [-0.15, -0.1) is 0 Å². The average Bonchev–Trinajstić information content (AvgIpc) is 2.87. The van der Waals surface area contributed by atoms with Gasteiger partial charge in [0.1, 0.15) is 5.56 Å². The molecule has 0 N–H and O–H groups in total. The summed E-state index contributed by atoms with van der Waals surface area (Å²) < 4.78 is 5.10. The molecule has 2 aromatic rings. The standard InChI is InChI=1S/C26H32N4O5/c1-18-7-4-8-19(2)23(18)27-13-15-28(16-14-27)25(31)20-9-6-12-29(17-20)26(32)21-10-5-11-22(35-3)24(21)30(33)34/h4-5,7-8,10-11,20H,6,9,12-17H2,1-3H3. The molecule has 2 heterocycles. The Labute approximate surface area is 205 Å². The first-order valence-corrected chi connectivity index (χ1v) is 12.0. The van der Waals surface area contributed by atoms with Crippen LogP contribution in [0.1, 0.15) is 34.3 Å². The topological polar surface area (TPSA) is 96.2 Å². The number of para-hydroxylation sites is 2. The number of piperazine rings is 1. The molecule has 0 radical (unpaired) electrons. The Bertz CT molecular complexity index is 1110. The monoisotopic (exact) mass is 480 g/mol. The van der Waals surface area contributed by atoms with E-state index in [0.29, 0.717) is 32.5 Å². The number of nitro benzene ring substituents is 1. The third kappa shape index (κ3) is 4.94. The molecule has 2 saturated heterocycles. The van der Waals surface area contributed by atoms with Crippen LogP contribution in [-0.2, 0) is 4.79 Å². The highest BCUT2D eigenvalue weighted by molar-refractivity contribution is 5.99. The van der Waals surface area contributed by atoms with Gasteiger partial charge in [-0.3, -0.25) is 19.7 Å². The molecule has 9 nitrogen and oxygen atoms in total. The fourth-order valence-electron chi connectivity index (χ4n) is 5.29. The molecule has 2 aliphatic rings. The molecule has 0 aromatic heterocycles. The quantitative estimate of drug-likeness (QED) is 0.481. The number of carbonyl (C=O) groups excluding carboxylic acids is 2. The van der Waals surface area contributed by atoms with E-state index in [1.165, 1.54) is 36.1 Å². The smallest absolute Gasteiger partial charge is 0.323 e. The maximum Gasteiger partial charge on any atom is 0.323 e. The number of piperidine rings is 1. The summed E-state index contributed by atoms with van der Waals surface area (Å²) in [5, 5.41) is 11.6. The van der Waals surface area contributed by atoms with Gasteiger partial charge < -0.3 is 19.4 Å². The highest BCUT2D eigenvalue weighted by atomic mass is 16.6. The number of hydrogen-bond donors (Lipinski definition) is 0. The van der Waals surface area contributed by atoms with Gasteiger partial charge in [-0.25, -0.2) is 0 Å². The van der Waals surface area contributed by atoms with Gasteiger partial charge in [-0.2, -0.15) is 0 Å². The SMILES string of the molecule is COc1cccc(C(=O)N2CCCC(C(=O)N3CCN(c4c(C)cccc4C)CC3)C2)c1[N+](=O)[O-]. The number of likely N-dealkylation sites (tertiary alicyclic amines) is 1. The molecule has 0 saturated carbocycles. The van der Waals surface area contributed by atoms with Crippen LogP contribution in [0.5, 0.6) is 5.75 Å². The molecular formula is C26H32N4O5. The summed E-state index contributed by atoms with van der Waals surface area (Å²) in [4.78, 5) is 43.4. The van der Waals surface area contributed by atoms with Crippen molar-refractivity contribution in [1.82, 2.24) is 9.80 Å². The predicted octanol–water partition coefficient (Wildman–Crippen LogP) is 3.42. The number of hydrogen-bond acceptors (Lipinski definition) is 6. The van der Waals surface area contributed by atoms with E-state index in [9.17, 15) is 19.7 Å². The molecule has 0 aliphatic carbocycles. The van der Waals surface area contributed by atoms with Crippen LogP contribution in [0, 0.1) is 29.9 Å². The van der Waals surface area contributed by atoms with Gasteiger partial charge >= 0.3 is 5.69 Å². The number of anilines is 1.